The number of benzene rings is 1. The fourth-order valence-corrected chi connectivity index (χ4v) is 3.76. The molecule has 2 aliphatic heterocycles. The molecule has 4 nitrogen and oxygen atoms in total. The zero-order chi connectivity index (χ0) is 14.1. The Kier molecular flexibility index (Phi) is 3.66. The van der Waals surface area contributed by atoms with Crippen molar-refractivity contribution in [1.82, 2.24) is 10.2 Å². The minimum Gasteiger partial charge on any atom is -0.508 e. The molecule has 3 rings (SSSR count). The van der Waals surface area contributed by atoms with Crippen molar-refractivity contribution in [2.75, 3.05) is 19.6 Å². The first-order chi connectivity index (χ1) is 9.70. The van der Waals surface area contributed by atoms with Crippen molar-refractivity contribution < 1.29 is 9.90 Å². The van der Waals surface area contributed by atoms with Gasteiger partial charge in [-0.05, 0) is 24.3 Å². The van der Waals surface area contributed by atoms with Gasteiger partial charge in [-0.2, -0.15) is 0 Å². The number of carbonyl (C=O) groups excluding carboxylic acids is 1. The van der Waals surface area contributed by atoms with Gasteiger partial charge >= 0.3 is 0 Å². The number of carbonyl (C=O) groups is 1. The first kappa shape index (κ1) is 13.4. The topological polar surface area (TPSA) is 52.6 Å². The second kappa shape index (κ2) is 5.44. The zero-order valence-corrected chi connectivity index (χ0v) is 11.9. The third-order valence-corrected chi connectivity index (χ3v) is 4.79. The van der Waals surface area contributed by atoms with Crippen molar-refractivity contribution in [3.05, 3.63) is 29.8 Å². The summed E-state index contributed by atoms with van der Waals surface area (Å²) in [7, 11) is 0. The molecule has 1 aromatic rings. The lowest BCUT2D eigenvalue weighted by molar-refractivity contribution is -0.131. The molecule has 0 spiro atoms. The SMILES string of the molecule is CCC1C2CNCC2CN1C(=O)Cc1ccccc1O. The number of nitrogens with one attached hydrogen (secondary N) is 1. The number of amides is 1. The molecule has 3 unspecified atom stereocenters. The molecule has 108 valence electrons. The molecule has 0 saturated carbocycles. The van der Waals surface area contributed by atoms with Crippen molar-refractivity contribution in [3.8, 4) is 5.75 Å². The quantitative estimate of drug-likeness (QED) is 0.876. The standard InChI is InChI=1S/C16H22N2O2/c1-2-14-13-9-17-8-12(13)10-18(14)16(20)7-11-5-3-4-6-15(11)19/h3-6,12-14,17,19H,2,7-10H2,1H3. The van der Waals surface area contributed by atoms with E-state index in [4.69, 9.17) is 0 Å². The lowest BCUT2D eigenvalue weighted by Gasteiger charge is -2.27. The van der Waals surface area contributed by atoms with E-state index in [9.17, 15) is 9.90 Å². The van der Waals surface area contributed by atoms with Gasteiger partial charge in [-0.15, -0.1) is 0 Å². The average molecular weight is 274 g/mol. The van der Waals surface area contributed by atoms with Crippen molar-refractivity contribution in [1.29, 1.82) is 0 Å². The van der Waals surface area contributed by atoms with E-state index in [0.717, 1.165) is 31.6 Å². The fourth-order valence-electron chi connectivity index (χ4n) is 3.76. The predicted molar refractivity (Wildman–Crippen MR) is 77.5 cm³/mol. The monoisotopic (exact) mass is 274 g/mol. The van der Waals surface area contributed by atoms with Crippen LogP contribution in [0.15, 0.2) is 24.3 Å². The van der Waals surface area contributed by atoms with E-state index in [1.165, 1.54) is 0 Å². The summed E-state index contributed by atoms with van der Waals surface area (Å²) in [6, 6.07) is 7.47. The van der Waals surface area contributed by atoms with Crippen LogP contribution in [0.3, 0.4) is 0 Å². The Balaban J connectivity index is 1.73. The molecular weight excluding hydrogens is 252 g/mol. The molecule has 3 atom stereocenters. The smallest absolute Gasteiger partial charge is 0.227 e. The largest absolute Gasteiger partial charge is 0.508 e. The van der Waals surface area contributed by atoms with Gasteiger partial charge in [-0.25, -0.2) is 0 Å². The first-order valence-electron chi connectivity index (χ1n) is 7.47. The first-order valence-corrected chi connectivity index (χ1v) is 7.47. The Morgan fingerprint density at radius 2 is 2.20 bits per heavy atom. The zero-order valence-electron chi connectivity index (χ0n) is 11.9. The van der Waals surface area contributed by atoms with Gasteiger partial charge in [0.25, 0.3) is 0 Å². The molecule has 2 fully saturated rings. The van der Waals surface area contributed by atoms with Crippen LogP contribution < -0.4 is 5.32 Å². The van der Waals surface area contributed by atoms with Crippen LogP contribution >= 0.6 is 0 Å². The van der Waals surface area contributed by atoms with Gasteiger partial charge < -0.3 is 15.3 Å². The molecule has 0 aromatic heterocycles. The highest BCUT2D eigenvalue weighted by Crippen LogP contribution is 2.34. The maximum absolute atomic E-state index is 12.6. The predicted octanol–water partition coefficient (Wildman–Crippen LogP) is 1.39. The number of nitrogens with zero attached hydrogens (tertiary/aromatic N) is 1. The summed E-state index contributed by atoms with van der Waals surface area (Å²) < 4.78 is 0. The van der Waals surface area contributed by atoms with E-state index < -0.39 is 0 Å². The maximum Gasteiger partial charge on any atom is 0.227 e. The number of fused-ring (bicyclic) bond motifs is 1. The van der Waals surface area contributed by atoms with E-state index in [2.05, 4.69) is 12.2 Å². The van der Waals surface area contributed by atoms with Crippen LogP contribution in [0.5, 0.6) is 5.75 Å². The van der Waals surface area contributed by atoms with Gasteiger partial charge in [0.15, 0.2) is 0 Å². The molecule has 2 heterocycles. The summed E-state index contributed by atoms with van der Waals surface area (Å²) in [4.78, 5) is 14.6. The van der Waals surface area contributed by atoms with Crippen LogP contribution in [0.4, 0.5) is 0 Å². The van der Waals surface area contributed by atoms with Crippen LogP contribution in [0, 0.1) is 11.8 Å². The molecule has 0 aliphatic carbocycles. The molecular formula is C16H22N2O2. The summed E-state index contributed by atoms with van der Waals surface area (Å²) >= 11 is 0. The Hall–Kier alpha value is -1.55. The maximum atomic E-state index is 12.6. The van der Waals surface area contributed by atoms with E-state index in [0.29, 0.717) is 24.3 Å². The number of likely N-dealkylation sites (tertiary alicyclic amines) is 1. The second-order valence-electron chi connectivity index (χ2n) is 5.91. The average Bonchev–Trinajstić information content (AvgIpc) is 3.01. The summed E-state index contributed by atoms with van der Waals surface area (Å²) in [5, 5.41) is 13.2. The third kappa shape index (κ3) is 2.29. The summed E-state index contributed by atoms with van der Waals surface area (Å²) in [5.41, 5.74) is 0.725. The Morgan fingerprint density at radius 1 is 1.40 bits per heavy atom. The molecule has 4 heteroatoms. The number of aromatic hydroxyl groups is 1. The van der Waals surface area contributed by atoms with Crippen LogP contribution in [0.1, 0.15) is 18.9 Å². The molecule has 20 heavy (non-hydrogen) atoms. The van der Waals surface area contributed by atoms with Crippen LogP contribution in [-0.2, 0) is 11.2 Å². The van der Waals surface area contributed by atoms with Gasteiger partial charge in [-0.1, -0.05) is 25.1 Å². The minimum absolute atomic E-state index is 0.146. The van der Waals surface area contributed by atoms with Gasteiger partial charge in [-0.3, -0.25) is 4.79 Å². The number of phenols is 1. The van der Waals surface area contributed by atoms with Crippen LogP contribution in [0.25, 0.3) is 0 Å². The van der Waals surface area contributed by atoms with Gasteiger partial charge in [0.05, 0.1) is 6.42 Å². The van der Waals surface area contributed by atoms with Crippen molar-refractivity contribution >= 4 is 5.91 Å². The van der Waals surface area contributed by atoms with E-state index in [-0.39, 0.29) is 11.7 Å². The van der Waals surface area contributed by atoms with Crippen LogP contribution in [0.2, 0.25) is 0 Å². The minimum atomic E-state index is 0.146. The van der Waals surface area contributed by atoms with Gasteiger partial charge in [0.1, 0.15) is 5.75 Å². The molecule has 2 saturated heterocycles. The molecule has 1 aromatic carbocycles. The van der Waals surface area contributed by atoms with Gasteiger partial charge in [0, 0.05) is 31.2 Å². The van der Waals surface area contributed by atoms with Crippen molar-refractivity contribution in [3.63, 3.8) is 0 Å². The molecule has 1 amide bonds. The highest BCUT2D eigenvalue weighted by molar-refractivity contribution is 5.80. The van der Waals surface area contributed by atoms with E-state index in [1.807, 2.05) is 17.0 Å². The Labute approximate surface area is 119 Å². The van der Waals surface area contributed by atoms with Crippen LogP contribution in [-0.4, -0.2) is 41.6 Å². The molecule has 0 radical (unpaired) electrons. The number of phenolic OH excluding ortho intramolecular Hbond substituents is 1. The lowest BCUT2D eigenvalue weighted by Crippen LogP contribution is -2.40. The molecule has 0 bridgehead atoms. The molecule has 2 N–H and O–H groups in total. The number of hydrogen-bond acceptors (Lipinski definition) is 3. The van der Waals surface area contributed by atoms with Crippen molar-refractivity contribution in [2.45, 2.75) is 25.8 Å². The van der Waals surface area contributed by atoms with E-state index >= 15 is 0 Å². The van der Waals surface area contributed by atoms with Gasteiger partial charge in [0.2, 0.25) is 5.91 Å². The van der Waals surface area contributed by atoms with E-state index in [1.54, 1.807) is 12.1 Å². The Bertz CT molecular complexity index is 503. The number of para-hydroxylation sites is 1. The highest BCUT2D eigenvalue weighted by Gasteiger charge is 2.44. The molecule has 2 aliphatic rings. The fraction of sp³-hybridized carbons (Fsp3) is 0.562. The lowest BCUT2D eigenvalue weighted by atomic mass is 9.93. The normalized spacial score (nSPS) is 28.6. The number of hydrogen-bond donors (Lipinski definition) is 2. The highest BCUT2D eigenvalue weighted by atomic mass is 16.3. The Morgan fingerprint density at radius 3 is 2.95 bits per heavy atom. The second-order valence-corrected chi connectivity index (χ2v) is 5.91. The number of rotatable bonds is 3. The van der Waals surface area contributed by atoms with Crippen molar-refractivity contribution in [2.24, 2.45) is 11.8 Å². The summed E-state index contributed by atoms with van der Waals surface area (Å²) in [5.74, 6) is 1.57. The summed E-state index contributed by atoms with van der Waals surface area (Å²) in [6.45, 7) is 5.08. The summed E-state index contributed by atoms with van der Waals surface area (Å²) in [6.07, 6.45) is 1.31. The third-order valence-electron chi connectivity index (χ3n) is 4.79.